The molecule has 1 unspecified atom stereocenters. The van der Waals surface area contributed by atoms with Crippen LogP contribution >= 0.6 is 7.60 Å². The van der Waals surface area contributed by atoms with Crippen molar-refractivity contribution in [1.29, 1.82) is 0 Å². The SMILES string of the molecule is Cc1ccc(S(=O)(=O)OCP(=O)([O-])OCC23CC4CC(CC(C4)C2)C3)cc1.[Na+]. The number of rotatable bonds is 7. The van der Waals surface area contributed by atoms with E-state index >= 15 is 0 Å². The Morgan fingerprint density at radius 3 is 2.07 bits per heavy atom. The van der Waals surface area contributed by atoms with Crippen LogP contribution in [0.4, 0.5) is 0 Å². The molecule has 0 aliphatic heterocycles. The standard InChI is InChI=1S/C19H27O6PS.Na/c1-14-2-4-18(5-3-14)27(22,23)25-13-26(20,21)24-12-19-9-15-6-16(10-19)8-17(7-15)11-19;/h2-5,15-17H,6-13H2,1H3,(H,20,21);/q;+1/p-1. The summed E-state index contributed by atoms with van der Waals surface area (Å²) in [6, 6.07) is 6.07. The first kappa shape index (κ1) is 23.0. The van der Waals surface area contributed by atoms with Gasteiger partial charge in [-0.25, -0.2) is 0 Å². The molecule has 0 amide bonds. The van der Waals surface area contributed by atoms with Crippen LogP contribution in [0.5, 0.6) is 0 Å². The topological polar surface area (TPSA) is 92.7 Å². The summed E-state index contributed by atoms with van der Waals surface area (Å²) < 4.78 is 46.7. The second-order valence-corrected chi connectivity index (χ2v) is 12.2. The molecule has 4 aliphatic rings. The molecule has 5 rings (SSSR count). The van der Waals surface area contributed by atoms with Crippen molar-refractivity contribution in [3.8, 4) is 0 Å². The third kappa shape index (κ3) is 5.12. The van der Waals surface area contributed by atoms with Crippen molar-refractivity contribution in [2.75, 3.05) is 13.0 Å². The number of hydrogen-bond acceptors (Lipinski definition) is 6. The molecule has 0 aromatic heterocycles. The maximum absolute atomic E-state index is 12.3. The minimum Gasteiger partial charge on any atom is -0.777 e. The van der Waals surface area contributed by atoms with E-state index in [-0.39, 0.29) is 46.5 Å². The van der Waals surface area contributed by atoms with Crippen LogP contribution in [-0.2, 0) is 23.4 Å². The summed E-state index contributed by atoms with van der Waals surface area (Å²) in [5, 5.41) is 0. The second kappa shape index (κ2) is 8.43. The van der Waals surface area contributed by atoms with Crippen molar-refractivity contribution in [2.45, 2.75) is 50.3 Å². The van der Waals surface area contributed by atoms with E-state index in [2.05, 4.69) is 0 Å². The molecule has 0 heterocycles. The molecule has 0 N–H and O–H groups in total. The molecule has 4 bridgehead atoms. The zero-order valence-electron chi connectivity index (χ0n) is 16.5. The first-order valence-corrected chi connectivity index (χ1v) is 12.7. The fourth-order valence-electron chi connectivity index (χ4n) is 5.65. The molecule has 0 spiro atoms. The minimum absolute atomic E-state index is 0. The van der Waals surface area contributed by atoms with Gasteiger partial charge in [-0.1, -0.05) is 17.7 Å². The largest absolute Gasteiger partial charge is 1.00 e. The summed E-state index contributed by atoms with van der Waals surface area (Å²) in [5.74, 6) is 2.09. The average Bonchev–Trinajstić information content (AvgIpc) is 2.58. The fraction of sp³-hybridized carbons (Fsp3) is 0.684. The summed E-state index contributed by atoms with van der Waals surface area (Å²) in [6.07, 6.45) is 5.94. The van der Waals surface area contributed by atoms with Gasteiger partial charge in [0.1, 0.15) is 6.35 Å². The summed E-state index contributed by atoms with van der Waals surface area (Å²) in [6.45, 7) is 1.99. The van der Waals surface area contributed by atoms with Gasteiger partial charge in [-0.3, -0.25) is 4.18 Å². The zero-order valence-corrected chi connectivity index (χ0v) is 20.2. The number of aryl methyl sites for hydroxylation is 1. The number of hydrogen-bond donors (Lipinski definition) is 0. The van der Waals surface area contributed by atoms with Gasteiger partial charge in [0.2, 0.25) is 0 Å². The first-order valence-electron chi connectivity index (χ1n) is 9.56. The van der Waals surface area contributed by atoms with E-state index in [0.717, 1.165) is 24.8 Å². The molecule has 0 radical (unpaired) electrons. The van der Waals surface area contributed by atoms with Gasteiger partial charge in [0.15, 0.2) is 7.60 Å². The third-order valence-corrected chi connectivity index (χ3v) is 8.83. The van der Waals surface area contributed by atoms with Gasteiger partial charge in [-0.05, 0) is 80.8 Å². The smallest absolute Gasteiger partial charge is 0.777 e. The van der Waals surface area contributed by atoms with Crippen molar-refractivity contribution in [2.24, 2.45) is 23.2 Å². The first-order chi connectivity index (χ1) is 12.6. The molecule has 1 aromatic rings. The van der Waals surface area contributed by atoms with Gasteiger partial charge >= 0.3 is 29.6 Å². The number of benzene rings is 1. The minimum atomic E-state index is -4.39. The average molecular weight is 436 g/mol. The Morgan fingerprint density at radius 1 is 1.07 bits per heavy atom. The summed E-state index contributed by atoms with van der Waals surface area (Å²) in [4.78, 5) is 12.2. The van der Waals surface area contributed by atoms with E-state index in [4.69, 9.17) is 8.71 Å². The molecule has 0 saturated heterocycles. The maximum atomic E-state index is 12.3. The van der Waals surface area contributed by atoms with Crippen LogP contribution in [0.25, 0.3) is 0 Å². The maximum Gasteiger partial charge on any atom is 1.00 e. The van der Waals surface area contributed by atoms with Crippen LogP contribution in [0.1, 0.15) is 44.1 Å². The third-order valence-electron chi connectivity index (χ3n) is 6.41. The fourth-order valence-corrected chi connectivity index (χ4v) is 7.87. The van der Waals surface area contributed by atoms with Crippen molar-refractivity contribution in [1.82, 2.24) is 0 Å². The van der Waals surface area contributed by atoms with E-state index in [9.17, 15) is 17.9 Å². The van der Waals surface area contributed by atoms with Crippen molar-refractivity contribution < 1.29 is 56.1 Å². The van der Waals surface area contributed by atoms with E-state index in [1.807, 2.05) is 6.92 Å². The molecular weight excluding hydrogens is 410 g/mol. The van der Waals surface area contributed by atoms with E-state index < -0.39 is 24.1 Å². The van der Waals surface area contributed by atoms with Crippen molar-refractivity contribution >= 4 is 17.7 Å². The quantitative estimate of drug-likeness (QED) is 0.350. The van der Waals surface area contributed by atoms with Gasteiger partial charge in [0, 0.05) is 0 Å². The monoisotopic (exact) mass is 436 g/mol. The van der Waals surface area contributed by atoms with E-state index in [1.165, 1.54) is 31.4 Å². The van der Waals surface area contributed by atoms with Gasteiger partial charge in [-0.2, -0.15) is 8.42 Å². The van der Waals surface area contributed by atoms with Gasteiger partial charge in [-0.15, -0.1) is 0 Å². The Kier molecular flexibility index (Phi) is 6.91. The Bertz CT molecular complexity index is 818. The molecule has 4 aliphatic carbocycles. The molecule has 28 heavy (non-hydrogen) atoms. The molecule has 4 saturated carbocycles. The Balaban J connectivity index is 0.00000225. The van der Waals surface area contributed by atoms with Gasteiger partial charge in [0.25, 0.3) is 10.1 Å². The molecule has 150 valence electrons. The summed E-state index contributed by atoms with van der Waals surface area (Å²) in [5.41, 5.74) is 0.854. The van der Waals surface area contributed by atoms with Crippen LogP contribution in [0, 0.1) is 30.1 Å². The Labute approximate surface area is 189 Å². The van der Waals surface area contributed by atoms with Crippen LogP contribution in [0.2, 0.25) is 0 Å². The van der Waals surface area contributed by atoms with E-state index in [1.54, 1.807) is 12.1 Å². The molecule has 1 atom stereocenters. The molecule has 6 nitrogen and oxygen atoms in total. The molecule has 9 heteroatoms. The van der Waals surface area contributed by atoms with Crippen molar-refractivity contribution in [3.05, 3.63) is 29.8 Å². The summed E-state index contributed by atoms with van der Waals surface area (Å²) in [7, 11) is -8.52. The van der Waals surface area contributed by atoms with Crippen LogP contribution in [-0.4, -0.2) is 21.4 Å². The molecule has 4 fully saturated rings. The normalized spacial score (nSPS) is 33.3. The van der Waals surface area contributed by atoms with Crippen LogP contribution in [0.3, 0.4) is 0 Å². The van der Waals surface area contributed by atoms with Crippen LogP contribution < -0.4 is 34.5 Å². The zero-order chi connectivity index (χ0) is 19.3. The molecule has 1 aromatic carbocycles. The predicted molar refractivity (Wildman–Crippen MR) is 98.5 cm³/mol. The Hall–Kier alpha value is 0.280. The van der Waals surface area contributed by atoms with Gasteiger partial charge < -0.3 is 14.0 Å². The van der Waals surface area contributed by atoms with Gasteiger partial charge in [0.05, 0.1) is 11.5 Å². The molecular formula is C19H26NaO6PS. The summed E-state index contributed by atoms with van der Waals surface area (Å²) >= 11 is 0. The van der Waals surface area contributed by atoms with Crippen molar-refractivity contribution in [3.63, 3.8) is 0 Å². The predicted octanol–water partition coefficient (Wildman–Crippen LogP) is 0.448. The Morgan fingerprint density at radius 2 is 1.57 bits per heavy atom. The van der Waals surface area contributed by atoms with E-state index in [0.29, 0.717) is 17.8 Å². The second-order valence-electron chi connectivity index (χ2n) is 8.82. The van der Waals surface area contributed by atoms with Crippen LogP contribution in [0.15, 0.2) is 29.2 Å².